The van der Waals surface area contributed by atoms with Crippen molar-refractivity contribution in [3.05, 3.63) is 24.3 Å². The van der Waals surface area contributed by atoms with Crippen LogP contribution < -0.4 is 14.8 Å². The number of fused-ring (bicyclic) bond motifs is 1. The van der Waals surface area contributed by atoms with Crippen molar-refractivity contribution in [2.45, 2.75) is 37.3 Å². The fraction of sp³-hybridized carbons (Fsp3) is 0.500. The topological polar surface area (TPSA) is 76.6 Å². The maximum Gasteiger partial charge on any atom is 0.233 e. The number of carbonyl (C=O) groups is 1. The second-order valence-corrected chi connectivity index (χ2v) is 8.59. The van der Waals surface area contributed by atoms with E-state index in [0.717, 1.165) is 21.0 Å². The minimum atomic E-state index is -0.169. The molecule has 0 aliphatic carbocycles. The van der Waals surface area contributed by atoms with Gasteiger partial charge in [-0.25, -0.2) is 0 Å². The molecule has 0 saturated carbocycles. The van der Waals surface area contributed by atoms with E-state index in [1.165, 1.54) is 23.1 Å². The van der Waals surface area contributed by atoms with Crippen LogP contribution in [-0.4, -0.2) is 58.6 Å². The number of hydrogen-bond acceptors (Lipinski definition) is 8. The zero-order valence-electron chi connectivity index (χ0n) is 15.7. The van der Waals surface area contributed by atoms with Crippen LogP contribution in [0.5, 0.6) is 11.5 Å². The molecule has 27 heavy (non-hydrogen) atoms. The summed E-state index contributed by atoms with van der Waals surface area (Å²) in [6, 6.07) is 7.89. The van der Waals surface area contributed by atoms with Gasteiger partial charge in [0.2, 0.25) is 11.0 Å². The molecule has 1 aliphatic heterocycles. The van der Waals surface area contributed by atoms with E-state index >= 15 is 0 Å². The predicted octanol–water partition coefficient (Wildman–Crippen LogP) is 3.14. The van der Waals surface area contributed by atoms with E-state index in [1.807, 2.05) is 45.0 Å². The molecule has 0 radical (unpaired) electrons. The summed E-state index contributed by atoms with van der Waals surface area (Å²) in [5.74, 6) is 1.86. The molecule has 2 heterocycles. The van der Waals surface area contributed by atoms with E-state index in [0.29, 0.717) is 31.5 Å². The van der Waals surface area contributed by atoms with Gasteiger partial charge in [-0.1, -0.05) is 35.2 Å². The third-order valence-electron chi connectivity index (χ3n) is 3.86. The number of anilines is 1. The lowest BCUT2D eigenvalue weighted by Crippen LogP contribution is -2.44. The van der Waals surface area contributed by atoms with Gasteiger partial charge in [0.15, 0.2) is 21.9 Å². The van der Waals surface area contributed by atoms with Gasteiger partial charge in [-0.2, -0.15) is 0 Å². The van der Waals surface area contributed by atoms with E-state index in [1.54, 1.807) is 4.90 Å². The standard InChI is InChI=1S/C18H24N4O3S2/c1-4-22(9-13-10-24-14-7-5-6-8-15(14)25-13)16(23)11-26-18-21-20-17(27-18)19-12(2)3/h5-8,12-13H,4,9-11H2,1-3H3,(H,19,20). The minimum absolute atomic E-state index is 0.0542. The van der Waals surface area contributed by atoms with E-state index in [9.17, 15) is 4.79 Å². The first kappa shape index (κ1) is 19.8. The van der Waals surface area contributed by atoms with Gasteiger partial charge in [-0.05, 0) is 32.9 Å². The molecule has 1 atom stereocenters. The second kappa shape index (κ2) is 9.27. The fourth-order valence-corrected chi connectivity index (χ4v) is 4.39. The molecule has 2 aromatic rings. The van der Waals surface area contributed by atoms with Crippen LogP contribution in [0.25, 0.3) is 0 Å². The molecule has 1 aromatic carbocycles. The molecule has 0 bridgehead atoms. The Kier molecular flexibility index (Phi) is 6.78. The highest BCUT2D eigenvalue weighted by Gasteiger charge is 2.25. The first-order valence-corrected chi connectivity index (χ1v) is 10.7. The highest BCUT2D eigenvalue weighted by atomic mass is 32.2. The Hall–Kier alpha value is -2.00. The third kappa shape index (κ3) is 5.49. The predicted molar refractivity (Wildman–Crippen MR) is 108 cm³/mol. The molecule has 1 unspecified atom stereocenters. The lowest BCUT2D eigenvalue weighted by molar-refractivity contribution is -0.129. The zero-order chi connectivity index (χ0) is 19.2. The summed E-state index contributed by atoms with van der Waals surface area (Å²) in [5.41, 5.74) is 0. The van der Waals surface area contributed by atoms with Gasteiger partial charge in [0.05, 0.1) is 12.3 Å². The molecular formula is C18H24N4O3S2. The Balaban J connectivity index is 1.50. The summed E-state index contributed by atoms with van der Waals surface area (Å²) < 4.78 is 12.5. The summed E-state index contributed by atoms with van der Waals surface area (Å²) in [6.07, 6.45) is -0.169. The number of ether oxygens (including phenoxy) is 2. The van der Waals surface area contributed by atoms with Gasteiger partial charge in [0, 0.05) is 12.6 Å². The average Bonchev–Trinajstić information content (AvgIpc) is 3.10. The lowest BCUT2D eigenvalue weighted by Gasteiger charge is -2.30. The maximum absolute atomic E-state index is 12.6. The lowest BCUT2D eigenvalue weighted by atomic mass is 10.2. The molecule has 1 aliphatic rings. The van der Waals surface area contributed by atoms with Gasteiger partial charge in [-0.3, -0.25) is 4.79 Å². The van der Waals surface area contributed by atoms with Crippen molar-refractivity contribution < 1.29 is 14.3 Å². The molecule has 1 amide bonds. The number of aromatic nitrogens is 2. The highest BCUT2D eigenvalue weighted by Crippen LogP contribution is 2.31. The molecule has 146 valence electrons. The van der Waals surface area contributed by atoms with Crippen LogP contribution in [0.3, 0.4) is 0 Å². The Morgan fingerprint density at radius 3 is 2.89 bits per heavy atom. The molecule has 0 spiro atoms. The van der Waals surface area contributed by atoms with Crippen molar-refractivity contribution in [1.29, 1.82) is 0 Å². The van der Waals surface area contributed by atoms with Crippen LogP contribution in [0.4, 0.5) is 5.13 Å². The van der Waals surface area contributed by atoms with Crippen molar-refractivity contribution in [3.8, 4) is 11.5 Å². The van der Waals surface area contributed by atoms with E-state index < -0.39 is 0 Å². The number of hydrogen-bond donors (Lipinski definition) is 1. The molecule has 0 saturated heterocycles. The van der Waals surface area contributed by atoms with Gasteiger partial charge in [0.25, 0.3) is 0 Å². The fourth-order valence-electron chi connectivity index (χ4n) is 2.59. The van der Waals surface area contributed by atoms with E-state index in [-0.39, 0.29) is 12.0 Å². The molecule has 0 fully saturated rings. The average molecular weight is 409 g/mol. The minimum Gasteiger partial charge on any atom is -0.486 e. The normalized spacial score (nSPS) is 15.6. The van der Waals surface area contributed by atoms with Crippen molar-refractivity contribution in [3.63, 3.8) is 0 Å². The number of rotatable bonds is 8. The smallest absolute Gasteiger partial charge is 0.233 e. The third-order valence-corrected chi connectivity index (χ3v) is 5.84. The van der Waals surface area contributed by atoms with Crippen molar-refractivity contribution in [2.24, 2.45) is 0 Å². The van der Waals surface area contributed by atoms with Crippen molar-refractivity contribution >= 4 is 34.1 Å². The van der Waals surface area contributed by atoms with Crippen LogP contribution in [-0.2, 0) is 4.79 Å². The van der Waals surface area contributed by atoms with Crippen LogP contribution in [0.15, 0.2) is 28.6 Å². The number of benzene rings is 1. The zero-order valence-corrected chi connectivity index (χ0v) is 17.3. The number of likely N-dealkylation sites (N-methyl/N-ethyl adjacent to an activating group) is 1. The summed E-state index contributed by atoms with van der Waals surface area (Å²) in [6.45, 7) is 7.63. The van der Waals surface area contributed by atoms with E-state index in [2.05, 4.69) is 15.5 Å². The summed E-state index contributed by atoms with van der Waals surface area (Å²) in [7, 11) is 0. The summed E-state index contributed by atoms with van der Waals surface area (Å²) in [4.78, 5) is 14.4. The van der Waals surface area contributed by atoms with Crippen LogP contribution in [0.1, 0.15) is 20.8 Å². The van der Waals surface area contributed by atoms with Crippen LogP contribution in [0.2, 0.25) is 0 Å². The molecule has 1 N–H and O–H groups in total. The van der Waals surface area contributed by atoms with Crippen LogP contribution in [0, 0.1) is 0 Å². The highest BCUT2D eigenvalue weighted by molar-refractivity contribution is 8.01. The number of thioether (sulfide) groups is 1. The molecule has 7 nitrogen and oxygen atoms in total. The number of nitrogens with zero attached hydrogens (tertiary/aromatic N) is 3. The number of nitrogens with one attached hydrogen (secondary N) is 1. The Labute approximate surface area is 167 Å². The molecule has 1 aromatic heterocycles. The summed E-state index contributed by atoms with van der Waals surface area (Å²) >= 11 is 2.88. The molecule has 3 rings (SSSR count). The molecular weight excluding hydrogens is 384 g/mol. The van der Waals surface area contributed by atoms with Crippen LogP contribution >= 0.6 is 23.1 Å². The number of carbonyl (C=O) groups excluding carboxylic acids is 1. The Morgan fingerprint density at radius 1 is 1.37 bits per heavy atom. The number of amides is 1. The maximum atomic E-state index is 12.6. The Morgan fingerprint density at radius 2 is 2.15 bits per heavy atom. The Bertz CT molecular complexity index is 769. The van der Waals surface area contributed by atoms with Gasteiger partial charge < -0.3 is 19.7 Å². The monoisotopic (exact) mass is 408 g/mol. The first-order chi connectivity index (χ1) is 13.0. The van der Waals surface area contributed by atoms with Crippen molar-refractivity contribution in [2.75, 3.05) is 30.8 Å². The largest absolute Gasteiger partial charge is 0.486 e. The summed E-state index contributed by atoms with van der Waals surface area (Å²) in [5, 5.41) is 12.2. The SMILES string of the molecule is CCN(CC1COc2ccccc2O1)C(=O)CSc1nnc(NC(C)C)s1. The van der Waals surface area contributed by atoms with Gasteiger partial charge >= 0.3 is 0 Å². The first-order valence-electron chi connectivity index (χ1n) is 8.94. The second-order valence-electron chi connectivity index (χ2n) is 6.39. The van der Waals surface area contributed by atoms with Gasteiger partial charge in [0.1, 0.15) is 6.61 Å². The van der Waals surface area contributed by atoms with Gasteiger partial charge in [-0.15, -0.1) is 10.2 Å². The van der Waals surface area contributed by atoms with Crippen molar-refractivity contribution in [1.82, 2.24) is 15.1 Å². The van der Waals surface area contributed by atoms with E-state index in [4.69, 9.17) is 9.47 Å². The molecule has 9 heteroatoms. The quantitative estimate of drug-likeness (QED) is 0.673. The number of para-hydroxylation sites is 2.